The molecule has 0 saturated carbocycles. The van der Waals surface area contributed by atoms with Crippen molar-refractivity contribution in [3.05, 3.63) is 47.5 Å². The smallest absolute Gasteiger partial charge is 0.297 e. The van der Waals surface area contributed by atoms with Crippen LogP contribution >= 0.6 is 11.6 Å². The zero-order valence-corrected chi connectivity index (χ0v) is 13.1. The van der Waals surface area contributed by atoms with Gasteiger partial charge in [-0.15, -0.1) is 0 Å². The molecular formula is C12H9ClO7S2. The zero-order valence-electron chi connectivity index (χ0n) is 10.7. The number of benzene rings is 2. The molecule has 0 fully saturated rings. The van der Waals surface area contributed by atoms with Crippen LogP contribution in [-0.2, 0) is 20.2 Å². The van der Waals surface area contributed by atoms with Crippen molar-refractivity contribution in [2.24, 2.45) is 0 Å². The molecule has 2 aromatic carbocycles. The summed E-state index contributed by atoms with van der Waals surface area (Å²) in [6.45, 7) is 0. The number of halogens is 1. The van der Waals surface area contributed by atoms with Crippen LogP contribution in [0.15, 0.2) is 52.3 Å². The van der Waals surface area contributed by atoms with Crippen molar-refractivity contribution in [2.45, 2.75) is 9.79 Å². The molecular weight excluding hydrogens is 356 g/mol. The first-order chi connectivity index (χ1) is 10.1. The van der Waals surface area contributed by atoms with Gasteiger partial charge in [0.05, 0.1) is 0 Å². The second kappa shape index (κ2) is 5.86. The Bertz CT molecular complexity index is 906. The third-order valence-corrected chi connectivity index (χ3v) is 4.98. The third-order valence-electron chi connectivity index (χ3n) is 2.53. The minimum atomic E-state index is -5.01. The first kappa shape index (κ1) is 16.7. The SMILES string of the molecule is O=S(=O)(O)c1ccc(Oc2ccccc2)c(Cl)c1S(=O)(=O)O. The van der Waals surface area contributed by atoms with Gasteiger partial charge in [0.25, 0.3) is 20.2 Å². The summed E-state index contributed by atoms with van der Waals surface area (Å²) in [7, 11) is -9.92. The van der Waals surface area contributed by atoms with E-state index in [1.807, 2.05) is 0 Å². The van der Waals surface area contributed by atoms with E-state index in [4.69, 9.17) is 25.4 Å². The maximum absolute atomic E-state index is 11.4. The van der Waals surface area contributed by atoms with Gasteiger partial charge in [-0.3, -0.25) is 9.11 Å². The van der Waals surface area contributed by atoms with Crippen molar-refractivity contribution in [3.63, 3.8) is 0 Å². The van der Waals surface area contributed by atoms with Gasteiger partial charge in [-0.2, -0.15) is 16.8 Å². The molecule has 0 atom stereocenters. The summed E-state index contributed by atoms with van der Waals surface area (Å²) >= 11 is 5.81. The molecule has 0 aliphatic rings. The molecule has 0 spiro atoms. The summed E-state index contributed by atoms with van der Waals surface area (Å²) in [5.41, 5.74) is 0. The van der Waals surface area contributed by atoms with Crippen LogP contribution in [0.25, 0.3) is 0 Å². The van der Waals surface area contributed by atoms with Crippen LogP contribution in [0.1, 0.15) is 0 Å². The fourth-order valence-corrected chi connectivity index (χ4v) is 4.07. The van der Waals surface area contributed by atoms with Gasteiger partial charge in [-0.05, 0) is 24.3 Å². The molecule has 0 heterocycles. The lowest BCUT2D eigenvalue weighted by atomic mass is 10.3. The molecule has 0 radical (unpaired) electrons. The molecule has 0 unspecified atom stereocenters. The van der Waals surface area contributed by atoms with Crippen molar-refractivity contribution >= 4 is 31.8 Å². The Balaban J connectivity index is 2.66. The van der Waals surface area contributed by atoms with E-state index in [1.165, 1.54) is 0 Å². The highest BCUT2D eigenvalue weighted by atomic mass is 35.5. The van der Waals surface area contributed by atoms with Crippen LogP contribution in [0.5, 0.6) is 11.5 Å². The van der Waals surface area contributed by atoms with E-state index in [9.17, 15) is 16.8 Å². The lowest BCUT2D eigenvalue weighted by Crippen LogP contribution is -2.09. The van der Waals surface area contributed by atoms with E-state index in [0.29, 0.717) is 5.75 Å². The maximum atomic E-state index is 11.4. The molecule has 0 aromatic heterocycles. The van der Waals surface area contributed by atoms with Gasteiger partial charge >= 0.3 is 0 Å². The molecule has 0 aliphatic heterocycles. The quantitative estimate of drug-likeness (QED) is 0.800. The standard InChI is InChI=1S/C12H9ClO7S2/c13-11-9(20-8-4-2-1-3-5-8)6-7-10(21(14,15)16)12(11)22(17,18)19/h1-7H,(H,14,15,16)(H,17,18,19). The van der Waals surface area contributed by atoms with E-state index in [1.54, 1.807) is 30.3 Å². The van der Waals surface area contributed by atoms with Crippen molar-refractivity contribution in [3.8, 4) is 11.5 Å². The van der Waals surface area contributed by atoms with Gasteiger partial charge in [0, 0.05) is 0 Å². The predicted molar refractivity (Wildman–Crippen MR) is 77.6 cm³/mol. The van der Waals surface area contributed by atoms with Gasteiger partial charge in [-0.25, -0.2) is 0 Å². The molecule has 118 valence electrons. The molecule has 2 N–H and O–H groups in total. The van der Waals surface area contributed by atoms with E-state index >= 15 is 0 Å². The summed E-state index contributed by atoms with van der Waals surface area (Å²) in [6.07, 6.45) is 0. The summed E-state index contributed by atoms with van der Waals surface area (Å²) < 4.78 is 68.7. The van der Waals surface area contributed by atoms with Crippen molar-refractivity contribution < 1.29 is 30.7 Å². The number of rotatable bonds is 4. The van der Waals surface area contributed by atoms with E-state index in [2.05, 4.69) is 0 Å². The van der Waals surface area contributed by atoms with Crippen molar-refractivity contribution in [1.82, 2.24) is 0 Å². The summed E-state index contributed by atoms with van der Waals surface area (Å²) in [4.78, 5) is -2.19. The van der Waals surface area contributed by atoms with Crippen LogP contribution in [0.3, 0.4) is 0 Å². The Hall–Kier alpha value is -1.65. The van der Waals surface area contributed by atoms with E-state index in [-0.39, 0.29) is 5.75 Å². The maximum Gasteiger partial charge on any atom is 0.297 e. The fraction of sp³-hybridized carbons (Fsp3) is 0. The first-order valence-corrected chi connectivity index (χ1v) is 8.87. The molecule has 22 heavy (non-hydrogen) atoms. The fourth-order valence-electron chi connectivity index (χ4n) is 1.66. The average Bonchev–Trinajstić information content (AvgIpc) is 2.39. The van der Waals surface area contributed by atoms with Gasteiger partial charge in [-0.1, -0.05) is 29.8 Å². The van der Waals surface area contributed by atoms with Gasteiger partial charge < -0.3 is 4.74 Å². The summed E-state index contributed by atoms with van der Waals surface area (Å²) in [5.74, 6) is 0.109. The molecule has 0 saturated heterocycles. The largest absolute Gasteiger partial charge is 0.456 e. The Morgan fingerprint density at radius 3 is 1.95 bits per heavy atom. The molecule has 0 aliphatic carbocycles. The average molecular weight is 365 g/mol. The van der Waals surface area contributed by atoms with Crippen LogP contribution in [0.4, 0.5) is 0 Å². The molecule has 2 rings (SSSR count). The highest BCUT2D eigenvalue weighted by molar-refractivity contribution is 7.89. The van der Waals surface area contributed by atoms with Gasteiger partial charge in [0.1, 0.15) is 26.3 Å². The van der Waals surface area contributed by atoms with Crippen molar-refractivity contribution in [2.75, 3.05) is 0 Å². The molecule has 0 bridgehead atoms. The highest BCUT2D eigenvalue weighted by Crippen LogP contribution is 2.38. The zero-order chi connectivity index (χ0) is 16.5. The summed E-state index contributed by atoms with van der Waals surface area (Å²) in [5, 5.41) is -0.665. The molecule has 0 amide bonds. The molecule has 10 heteroatoms. The molecule has 2 aromatic rings. The minimum absolute atomic E-state index is 0.201. The number of para-hydroxylation sites is 1. The van der Waals surface area contributed by atoms with Crippen LogP contribution in [0, 0.1) is 0 Å². The number of hydrogen-bond donors (Lipinski definition) is 2. The van der Waals surface area contributed by atoms with Crippen molar-refractivity contribution in [1.29, 1.82) is 0 Å². The Labute approximate surface area is 131 Å². The minimum Gasteiger partial charge on any atom is -0.456 e. The monoisotopic (exact) mass is 364 g/mol. The number of hydrogen-bond acceptors (Lipinski definition) is 5. The van der Waals surface area contributed by atoms with Crippen LogP contribution in [0.2, 0.25) is 5.02 Å². The second-order valence-corrected chi connectivity index (χ2v) is 7.20. The topological polar surface area (TPSA) is 118 Å². The normalized spacial score (nSPS) is 12.1. The van der Waals surface area contributed by atoms with Crippen LogP contribution in [-0.4, -0.2) is 25.9 Å². The highest BCUT2D eigenvalue weighted by Gasteiger charge is 2.29. The number of ether oxygens (including phenoxy) is 1. The van der Waals surface area contributed by atoms with E-state index in [0.717, 1.165) is 12.1 Å². The Kier molecular flexibility index (Phi) is 4.45. The van der Waals surface area contributed by atoms with E-state index < -0.39 is 35.0 Å². The first-order valence-electron chi connectivity index (χ1n) is 5.61. The Morgan fingerprint density at radius 1 is 0.864 bits per heavy atom. The predicted octanol–water partition coefficient (Wildman–Crippen LogP) is 2.63. The van der Waals surface area contributed by atoms with Gasteiger partial charge in [0.15, 0.2) is 0 Å². The Morgan fingerprint density at radius 2 is 1.45 bits per heavy atom. The molecule has 7 nitrogen and oxygen atoms in total. The lowest BCUT2D eigenvalue weighted by molar-refractivity contribution is 0.459. The lowest BCUT2D eigenvalue weighted by Gasteiger charge is -2.12. The third kappa shape index (κ3) is 3.57. The summed E-state index contributed by atoms with van der Waals surface area (Å²) in [6, 6.07) is 9.97. The van der Waals surface area contributed by atoms with Crippen LogP contribution < -0.4 is 4.74 Å². The second-order valence-electron chi connectivity index (χ2n) is 4.07. The van der Waals surface area contributed by atoms with Gasteiger partial charge in [0.2, 0.25) is 0 Å².